The van der Waals surface area contributed by atoms with Crippen LogP contribution in [0.5, 0.6) is 0 Å². The number of hydrogen-bond acceptors (Lipinski definition) is 2. The summed E-state index contributed by atoms with van der Waals surface area (Å²) in [6, 6.07) is 18.3. The van der Waals surface area contributed by atoms with Crippen molar-refractivity contribution in [2.24, 2.45) is 0 Å². The lowest BCUT2D eigenvalue weighted by atomic mass is 10.1. The van der Waals surface area contributed by atoms with Gasteiger partial charge >= 0.3 is 0 Å². The number of carbonyl (C=O) groups is 1. The van der Waals surface area contributed by atoms with Gasteiger partial charge in [0.05, 0.1) is 6.04 Å². The first kappa shape index (κ1) is 13.8. The van der Waals surface area contributed by atoms with E-state index in [4.69, 9.17) is 0 Å². The van der Waals surface area contributed by atoms with Gasteiger partial charge in [-0.3, -0.25) is 10.1 Å². The minimum atomic E-state index is -0.149. The van der Waals surface area contributed by atoms with Crippen molar-refractivity contribution >= 4 is 5.91 Å². The van der Waals surface area contributed by atoms with Crippen molar-refractivity contribution in [3.63, 3.8) is 0 Å². The number of hydrogen-bond donors (Lipinski definition) is 1. The third-order valence-electron chi connectivity index (χ3n) is 4.07. The summed E-state index contributed by atoms with van der Waals surface area (Å²) in [6.45, 7) is 2.07. The van der Waals surface area contributed by atoms with Crippen LogP contribution in [0.25, 0.3) is 0 Å². The molecule has 0 saturated carbocycles. The molecule has 1 fully saturated rings. The van der Waals surface area contributed by atoms with Gasteiger partial charge in [-0.1, -0.05) is 60.2 Å². The SMILES string of the molecule is Cc1ccc(C2NC(Cc3ccccc3)C(=O)N2C)cc1. The highest BCUT2D eigenvalue weighted by Gasteiger charge is 2.36. The lowest BCUT2D eigenvalue weighted by molar-refractivity contribution is -0.128. The number of amides is 1. The van der Waals surface area contributed by atoms with E-state index in [1.54, 1.807) is 4.90 Å². The molecule has 2 atom stereocenters. The Balaban J connectivity index is 1.77. The maximum atomic E-state index is 12.4. The number of nitrogens with one attached hydrogen (secondary N) is 1. The van der Waals surface area contributed by atoms with Crippen LogP contribution in [0.4, 0.5) is 0 Å². The number of nitrogens with zero attached hydrogens (tertiary/aromatic N) is 1. The molecule has 0 spiro atoms. The van der Waals surface area contributed by atoms with Crippen LogP contribution in [0.3, 0.4) is 0 Å². The molecule has 3 rings (SSSR count). The molecule has 0 radical (unpaired) electrons. The second kappa shape index (κ2) is 5.70. The summed E-state index contributed by atoms with van der Waals surface area (Å²) in [5.74, 6) is 0.157. The largest absolute Gasteiger partial charge is 0.325 e. The molecule has 1 amide bonds. The van der Waals surface area contributed by atoms with E-state index in [1.807, 2.05) is 25.2 Å². The van der Waals surface area contributed by atoms with Gasteiger partial charge in [0.25, 0.3) is 0 Å². The van der Waals surface area contributed by atoms with Crippen molar-refractivity contribution in [1.82, 2.24) is 10.2 Å². The predicted octanol–water partition coefficient (Wildman–Crippen LogP) is 2.67. The number of carbonyl (C=O) groups excluding carboxylic acids is 1. The molecule has 1 N–H and O–H groups in total. The van der Waals surface area contributed by atoms with Gasteiger partial charge in [-0.05, 0) is 24.5 Å². The first-order valence-electron chi connectivity index (χ1n) is 7.28. The van der Waals surface area contributed by atoms with E-state index >= 15 is 0 Å². The summed E-state index contributed by atoms with van der Waals surface area (Å²) < 4.78 is 0. The monoisotopic (exact) mass is 280 g/mol. The molecule has 1 aliphatic heterocycles. The third kappa shape index (κ3) is 2.83. The Morgan fingerprint density at radius 3 is 2.38 bits per heavy atom. The van der Waals surface area contributed by atoms with Crippen molar-refractivity contribution in [2.45, 2.75) is 25.6 Å². The average Bonchev–Trinajstić information content (AvgIpc) is 2.78. The van der Waals surface area contributed by atoms with Crippen LogP contribution in [0, 0.1) is 6.92 Å². The van der Waals surface area contributed by atoms with E-state index in [1.165, 1.54) is 11.1 Å². The van der Waals surface area contributed by atoms with Crippen LogP contribution in [0.1, 0.15) is 22.9 Å². The van der Waals surface area contributed by atoms with Crippen LogP contribution < -0.4 is 5.32 Å². The summed E-state index contributed by atoms with van der Waals surface area (Å²) in [7, 11) is 1.87. The average molecular weight is 280 g/mol. The first-order chi connectivity index (χ1) is 10.1. The fourth-order valence-electron chi connectivity index (χ4n) is 2.81. The number of benzene rings is 2. The van der Waals surface area contributed by atoms with Gasteiger partial charge < -0.3 is 4.90 Å². The molecular formula is C18H20N2O. The Hall–Kier alpha value is -2.13. The Labute approximate surface area is 125 Å². The minimum absolute atomic E-state index is 0.0354. The highest BCUT2D eigenvalue weighted by molar-refractivity contribution is 5.84. The van der Waals surface area contributed by atoms with E-state index in [0.29, 0.717) is 0 Å². The van der Waals surface area contributed by atoms with E-state index < -0.39 is 0 Å². The Morgan fingerprint density at radius 2 is 1.71 bits per heavy atom. The van der Waals surface area contributed by atoms with E-state index in [2.05, 4.69) is 48.6 Å². The second-order valence-electron chi connectivity index (χ2n) is 5.67. The summed E-state index contributed by atoms with van der Waals surface area (Å²) >= 11 is 0. The van der Waals surface area contributed by atoms with Crippen LogP contribution in [0.15, 0.2) is 54.6 Å². The molecule has 0 bridgehead atoms. The zero-order chi connectivity index (χ0) is 14.8. The van der Waals surface area contributed by atoms with Gasteiger partial charge in [0.2, 0.25) is 5.91 Å². The topological polar surface area (TPSA) is 32.3 Å². The molecule has 3 heteroatoms. The third-order valence-corrected chi connectivity index (χ3v) is 4.07. The van der Waals surface area contributed by atoms with Crippen molar-refractivity contribution in [1.29, 1.82) is 0 Å². The molecule has 1 saturated heterocycles. The highest BCUT2D eigenvalue weighted by Crippen LogP contribution is 2.25. The van der Waals surface area contributed by atoms with Crippen molar-refractivity contribution in [3.8, 4) is 0 Å². The summed E-state index contributed by atoms with van der Waals surface area (Å²) in [5.41, 5.74) is 3.54. The number of rotatable bonds is 3. The summed E-state index contributed by atoms with van der Waals surface area (Å²) in [6.07, 6.45) is 0.693. The fourth-order valence-corrected chi connectivity index (χ4v) is 2.81. The molecule has 1 aliphatic rings. The second-order valence-corrected chi connectivity index (χ2v) is 5.67. The maximum absolute atomic E-state index is 12.4. The van der Waals surface area contributed by atoms with Crippen molar-refractivity contribution in [2.75, 3.05) is 7.05 Å². The predicted molar refractivity (Wildman–Crippen MR) is 83.8 cm³/mol. The maximum Gasteiger partial charge on any atom is 0.241 e. The molecule has 1 heterocycles. The van der Waals surface area contributed by atoms with Gasteiger partial charge in [0.15, 0.2) is 0 Å². The zero-order valence-corrected chi connectivity index (χ0v) is 12.4. The van der Waals surface area contributed by atoms with Gasteiger partial charge in [-0.15, -0.1) is 0 Å². The van der Waals surface area contributed by atoms with E-state index in [-0.39, 0.29) is 18.1 Å². The smallest absolute Gasteiger partial charge is 0.241 e. The zero-order valence-electron chi connectivity index (χ0n) is 12.4. The molecule has 2 aromatic rings. The van der Waals surface area contributed by atoms with Crippen molar-refractivity contribution < 1.29 is 4.79 Å². The number of aryl methyl sites for hydroxylation is 1. The van der Waals surface area contributed by atoms with Gasteiger partial charge in [0.1, 0.15) is 6.17 Å². The lowest BCUT2D eigenvalue weighted by Gasteiger charge is -2.19. The van der Waals surface area contributed by atoms with Gasteiger partial charge in [-0.2, -0.15) is 0 Å². The number of likely N-dealkylation sites (N-methyl/N-ethyl adjacent to an activating group) is 1. The Morgan fingerprint density at radius 1 is 1.05 bits per heavy atom. The molecular weight excluding hydrogens is 260 g/mol. The Kier molecular flexibility index (Phi) is 3.76. The van der Waals surface area contributed by atoms with Crippen LogP contribution in [-0.2, 0) is 11.2 Å². The van der Waals surface area contributed by atoms with Gasteiger partial charge in [0, 0.05) is 7.05 Å². The van der Waals surface area contributed by atoms with Crippen LogP contribution >= 0.6 is 0 Å². The molecule has 0 aromatic heterocycles. The molecule has 3 nitrogen and oxygen atoms in total. The molecule has 21 heavy (non-hydrogen) atoms. The van der Waals surface area contributed by atoms with Crippen LogP contribution in [-0.4, -0.2) is 23.9 Å². The molecule has 0 aliphatic carbocycles. The first-order valence-corrected chi connectivity index (χ1v) is 7.28. The van der Waals surface area contributed by atoms with Crippen LogP contribution in [0.2, 0.25) is 0 Å². The quantitative estimate of drug-likeness (QED) is 0.937. The van der Waals surface area contributed by atoms with E-state index in [9.17, 15) is 4.79 Å². The standard InChI is InChI=1S/C18H20N2O/c1-13-8-10-15(11-9-13)17-19-16(18(21)20(17)2)12-14-6-4-3-5-7-14/h3-11,16-17,19H,12H2,1-2H3. The molecule has 108 valence electrons. The molecule has 2 unspecified atom stereocenters. The highest BCUT2D eigenvalue weighted by atomic mass is 16.2. The van der Waals surface area contributed by atoms with E-state index in [0.717, 1.165) is 12.0 Å². The summed E-state index contributed by atoms with van der Waals surface area (Å²) in [5, 5.41) is 3.45. The minimum Gasteiger partial charge on any atom is -0.325 e. The van der Waals surface area contributed by atoms with Crippen molar-refractivity contribution in [3.05, 3.63) is 71.3 Å². The normalized spacial score (nSPS) is 21.8. The van der Waals surface area contributed by atoms with Gasteiger partial charge in [-0.25, -0.2) is 0 Å². The Bertz CT molecular complexity index is 621. The molecule has 2 aromatic carbocycles. The lowest BCUT2D eigenvalue weighted by Crippen LogP contribution is -2.31. The summed E-state index contributed by atoms with van der Waals surface area (Å²) in [4.78, 5) is 14.2. The fraction of sp³-hybridized carbons (Fsp3) is 0.278.